The van der Waals surface area contributed by atoms with E-state index in [1.807, 2.05) is 0 Å². The molecule has 1 aliphatic rings. The summed E-state index contributed by atoms with van der Waals surface area (Å²) in [6.07, 6.45) is 5.31. The number of rotatable bonds is 8. The molecule has 5 nitrogen and oxygen atoms in total. The summed E-state index contributed by atoms with van der Waals surface area (Å²) in [5.41, 5.74) is 0. The van der Waals surface area contributed by atoms with Crippen LogP contribution in [0.2, 0.25) is 0 Å². The van der Waals surface area contributed by atoms with Gasteiger partial charge in [-0.2, -0.15) is 0 Å². The molecule has 27 heavy (non-hydrogen) atoms. The molecule has 0 radical (unpaired) electrons. The molecule has 3 atom stereocenters. The number of ether oxygens (including phenoxy) is 4. The number of esters is 1. The van der Waals surface area contributed by atoms with Crippen LogP contribution in [-0.4, -0.2) is 37.9 Å². The fourth-order valence-electron chi connectivity index (χ4n) is 2.54. The van der Waals surface area contributed by atoms with Gasteiger partial charge >= 0.3 is 5.97 Å². The van der Waals surface area contributed by atoms with Crippen molar-refractivity contribution < 1.29 is 23.7 Å². The molecule has 1 rings (SSSR count). The van der Waals surface area contributed by atoms with Crippen LogP contribution in [0.4, 0.5) is 0 Å². The lowest BCUT2D eigenvalue weighted by molar-refractivity contribution is -0.406. The van der Waals surface area contributed by atoms with Gasteiger partial charge in [0.05, 0.1) is 0 Å². The molecule has 0 amide bonds. The molecular formula is C22H30O5. The summed E-state index contributed by atoms with van der Waals surface area (Å²) in [4.78, 5) is 12.2. The van der Waals surface area contributed by atoms with E-state index in [9.17, 15) is 4.79 Å². The molecule has 0 aromatic heterocycles. The number of carbonyl (C=O) groups is 1. The lowest BCUT2D eigenvalue weighted by Gasteiger charge is -2.47. The van der Waals surface area contributed by atoms with Crippen LogP contribution in [0, 0.1) is 35.5 Å². The topological polar surface area (TPSA) is 54.0 Å². The van der Waals surface area contributed by atoms with Gasteiger partial charge in [-0.25, -0.2) is 4.79 Å². The van der Waals surface area contributed by atoms with Gasteiger partial charge in [-0.1, -0.05) is 31.6 Å². The van der Waals surface area contributed by atoms with E-state index in [2.05, 4.69) is 42.4 Å². The van der Waals surface area contributed by atoms with E-state index in [-0.39, 0.29) is 0 Å². The molecule has 0 unspecified atom stereocenters. The van der Waals surface area contributed by atoms with Crippen LogP contribution < -0.4 is 0 Å². The maximum atomic E-state index is 12.2. The minimum atomic E-state index is -1.27. The Kier molecular flexibility index (Phi) is 9.98. The monoisotopic (exact) mass is 374 g/mol. The van der Waals surface area contributed by atoms with Crippen molar-refractivity contribution in [2.24, 2.45) is 0 Å². The van der Waals surface area contributed by atoms with Crippen LogP contribution in [-0.2, 0) is 23.7 Å². The van der Waals surface area contributed by atoms with E-state index in [1.165, 1.54) is 14.2 Å². The molecule has 148 valence electrons. The quantitative estimate of drug-likeness (QED) is 0.370. The summed E-state index contributed by atoms with van der Waals surface area (Å²) in [5, 5.41) is 0. The zero-order valence-corrected chi connectivity index (χ0v) is 17.1. The van der Waals surface area contributed by atoms with Gasteiger partial charge in [0.1, 0.15) is 0 Å². The average molecular weight is 374 g/mol. The Morgan fingerprint density at radius 1 is 0.926 bits per heavy atom. The minimum absolute atomic E-state index is 0.423. The summed E-state index contributed by atoms with van der Waals surface area (Å²) in [6, 6.07) is 0. The summed E-state index contributed by atoms with van der Waals surface area (Å²) in [6.45, 7) is 5.42. The van der Waals surface area contributed by atoms with Crippen LogP contribution in [0.5, 0.6) is 0 Å². The highest BCUT2D eigenvalue weighted by molar-refractivity contribution is 5.75. The average Bonchev–Trinajstić information content (AvgIpc) is 2.66. The van der Waals surface area contributed by atoms with Gasteiger partial charge in [0.25, 0.3) is 5.79 Å². The Labute approximate surface area is 163 Å². The third kappa shape index (κ3) is 6.93. The maximum absolute atomic E-state index is 12.2. The second-order valence-corrected chi connectivity index (χ2v) is 6.53. The summed E-state index contributed by atoms with van der Waals surface area (Å²) < 4.78 is 22.0. The molecule has 1 heterocycles. The molecule has 0 saturated carbocycles. The molecule has 0 aliphatic carbocycles. The van der Waals surface area contributed by atoms with Crippen LogP contribution in [0.25, 0.3) is 0 Å². The van der Waals surface area contributed by atoms with E-state index < -0.39 is 23.6 Å². The molecule has 0 spiro atoms. The van der Waals surface area contributed by atoms with Crippen molar-refractivity contribution >= 4 is 5.97 Å². The Morgan fingerprint density at radius 2 is 1.56 bits per heavy atom. The van der Waals surface area contributed by atoms with Crippen molar-refractivity contribution in [1.82, 2.24) is 0 Å². The second-order valence-electron chi connectivity index (χ2n) is 6.53. The molecule has 1 fully saturated rings. The van der Waals surface area contributed by atoms with E-state index in [0.717, 1.165) is 38.5 Å². The Balaban J connectivity index is 2.33. The fraction of sp³-hybridized carbons (Fsp3) is 0.682. The first-order valence-electron chi connectivity index (χ1n) is 9.39. The molecule has 0 bridgehead atoms. The lowest BCUT2D eigenvalue weighted by atomic mass is 10.0. The van der Waals surface area contributed by atoms with Crippen LogP contribution in [0.3, 0.4) is 0 Å². The van der Waals surface area contributed by atoms with Gasteiger partial charge in [0, 0.05) is 34.0 Å². The maximum Gasteiger partial charge on any atom is 0.338 e. The first kappa shape index (κ1) is 23.1. The van der Waals surface area contributed by atoms with Gasteiger partial charge in [0.2, 0.25) is 5.79 Å². The van der Waals surface area contributed by atoms with Crippen molar-refractivity contribution in [3.63, 3.8) is 0 Å². The third-order valence-electron chi connectivity index (χ3n) is 4.54. The molecule has 0 N–H and O–H groups in total. The number of carbonyl (C=O) groups excluding carboxylic acids is 1. The highest BCUT2D eigenvalue weighted by atomic mass is 16.8. The molecule has 5 heteroatoms. The fourth-order valence-corrected chi connectivity index (χ4v) is 2.54. The highest BCUT2D eigenvalue weighted by Gasteiger charge is 2.57. The molecule has 1 aliphatic heterocycles. The zero-order valence-electron chi connectivity index (χ0n) is 17.1. The van der Waals surface area contributed by atoms with Gasteiger partial charge in [0.15, 0.2) is 6.10 Å². The Morgan fingerprint density at radius 3 is 2.15 bits per heavy atom. The lowest BCUT2D eigenvalue weighted by Crippen LogP contribution is -2.64. The minimum Gasteiger partial charge on any atom is -0.425 e. The van der Waals surface area contributed by atoms with Crippen LogP contribution in [0.1, 0.15) is 65.7 Å². The SMILES string of the molecule is CCCC#CC#CC#CCCCCC[C@@H]1O[C@](C)(OC)[C@@](C)(OC)OC1=O. The molecule has 0 aromatic carbocycles. The summed E-state index contributed by atoms with van der Waals surface area (Å²) in [5.74, 6) is 14.1. The van der Waals surface area contributed by atoms with Gasteiger partial charge in [-0.3, -0.25) is 0 Å². The first-order valence-corrected chi connectivity index (χ1v) is 9.39. The number of unbranched alkanes of at least 4 members (excludes halogenated alkanes) is 4. The van der Waals surface area contributed by atoms with Crippen molar-refractivity contribution in [2.45, 2.75) is 83.4 Å². The van der Waals surface area contributed by atoms with Gasteiger partial charge in [-0.05, 0) is 49.9 Å². The normalized spacial score (nSPS) is 26.6. The first-order chi connectivity index (χ1) is 12.9. The second kappa shape index (κ2) is 11.7. The molecule has 0 aromatic rings. The number of hydrogen-bond donors (Lipinski definition) is 0. The molecule has 1 saturated heterocycles. The van der Waals surface area contributed by atoms with Crippen molar-refractivity contribution in [1.29, 1.82) is 0 Å². The molecular weight excluding hydrogens is 344 g/mol. The third-order valence-corrected chi connectivity index (χ3v) is 4.54. The predicted octanol–water partition coefficient (Wildman–Crippen LogP) is 3.41. The zero-order chi connectivity index (χ0) is 20.2. The van der Waals surface area contributed by atoms with E-state index in [0.29, 0.717) is 6.42 Å². The summed E-state index contributed by atoms with van der Waals surface area (Å²) in [7, 11) is 2.96. The largest absolute Gasteiger partial charge is 0.425 e. The Hall–Kier alpha value is -1.97. The van der Waals surface area contributed by atoms with E-state index in [4.69, 9.17) is 18.9 Å². The van der Waals surface area contributed by atoms with Gasteiger partial charge in [-0.15, -0.1) is 0 Å². The van der Waals surface area contributed by atoms with Crippen LogP contribution >= 0.6 is 0 Å². The standard InChI is InChI=1S/C22H30O5/c1-6-7-8-9-10-11-12-13-14-15-16-17-18-19-20(23)27-22(3,25-5)21(2,24-4)26-19/h19H,6-7,14-18H2,1-5H3/t19-,21-,22-/m0/s1. The predicted molar refractivity (Wildman–Crippen MR) is 103 cm³/mol. The number of cyclic esters (lactones) is 1. The number of hydrogen-bond acceptors (Lipinski definition) is 5. The summed E-state index contributed by atoms with van der Waals surface area (Å²) >= 11 is 0. The highest BCUT2D eigenvalue weighted by Crippen LogP contribution is 2.38. The van der Waals surface area contributed by atoms with Crippen molar-refractivity contribution in [3.8, 4) is 35.5 Å². The number of methoxy groups -OCH3 is 2. The smallest absolute Gasteiger partial charge is 0.338 e. The van der Waals surface area contributed by atoms with Crippen molar-refractivity contribution in [2.75, 3.05) is 14.2 Å². The van der Waals surface area contributed by atoms with E-state index in [1.54, 1.807) is 13.8 Å². The van der Waals surface area contributed by atoms with Crippen molar-refractivity contribution in [3.05, 3.63) is 0 Å². The van der Waals surface area contributed by atoms with E-state index >= 15 is 0 Å². The van der Waals surface area contributed by atoms with Crippen LogP contribution in [0.15, 0.2) is 0 Å². The Bertz CT molecular complexity index is 666. The van der Waals surface area contributed by atoms with Gasteiger partial charge < -0.3 is 18.9 Å².